The Morgan fingerprint density at radius 3 is 2.62 bits per heavy atom. The first-order valence-corrected chi connectivity index (χ1v) is 4.78. The summed E-state index contributed by atoms with van der Waals surface area (Å²) in [6, 6.07) is 0. The van der Waals surface area contributed by atoms with E-state index in [0.717, 1.165) is 0 Å². The van der Waals surface area contributed by atoms with Crippen LogP contribution in [-0.2, 0) is 9.47 Å². The SMILES string of the molecule is C=C/C=C\C(=C/C)OCC(O)COC(N)=O. The van der Waals surface area contributed by atoms with Gasteiger partial charge in [0.25, 0.3) is 0 Å². The molecule has 0 aromatic carbocycles. The fourth-order valence-corrected chi connectivity index (χ4v) is 0.809. The van der Waals surface area contributed by atoms with Crippen LogP contribution in [0.2, 0.25) is 0 Å². The third-order valence-electron chi connectivity index (χ3n) is 1.54. The Morgan fingerprint density at radius 2 is 2.12 bits per heavy atom. The zero-order valence-corrected chi connectivity index (χ0v) is 9.26. The molecule has 0 aliphatic heterocycles. The van der Waals surface area contributed by atoms with E-state index < -0.39 is 12.2 Å². The molecule has 0 bridgehead atoms. The second kappa shape index (κ2) is 8.55. The number of primary amides is 1. The lowest BCUT2D eigenvalue weighted by molar-refractivity contribution is 0.0248. The molecule has 0 saturated heterocycles. The summed E-state index contributed by atoms with van der Waals surface area (Å²) in [6.07, 6.45) is 4.94. The summed E-state index contributed by atoms with van der Waals surface area (Å²) < 4.78 is 9.64. The van der Waals surface area contributed by atoms with E-state index in [-0.39, 0.29) is 13.2 Å². The van der Waals surface area contributed by atoms with E-state index >= 15 is 0 Å². The Balaban J connectivity index is 3.88. The van der Waals surface area contributed by atoms with E-state index in [4.69, 9.17) is 10.5 Å². The van der Waals surface area contributed by atoms with Crippen molar-refractivity contribution in [2.45, 2.75) is 13.0 Å². The second-order valence-electron chi connectivity index (χ2n) is 2.88. The van der Waals surface area contributed by atoms with Crippen molar-refractivity contribution in [1.29, 1.82) is 0 Å². The van der Waals surface area contributed by atoms with Crippen LogP contribution in [0, 0.1) is 0 Å². The molecule has 0 aliphatic carbocycles. The minimum atomic E-state index is -0.920. The van der Waals surface area contributed by atoms with Crippen LogP contribution < -0.4 is 5.73 Å². The standard InChI is InChI=1S/C11H17NO4/c1-3-5-6-10(4-2)15-7-9(13)8-16-11(12)14/h3-6,9,13H,1,7-8H2,2H3,(H2,12,14)/b6-5-,10-4+. The molecule has 0 aromatic heterocycles. The highest BCUT2D eigenvalue weighted by Gasteiger charge is 2.07. The molecule has 0 spiro atoms. The van der Waals surface area contributed by atoms with Gasteiger partial charge in [-0.3, -0.25) is 0 Å². The van der Waals surface area contributed by atoms with Crippen LogP contribution in [0.1, 0.15) is 6.92 Å². The molecule has 0 rings (SSSR count). The minimum Gasteiger partial charge on any atom is -0.491 e. The molecule has 5 heteroatoms. The van der Waals surface area contributed by atoms with E-state index in [1.807, 2.05) is 0 Å². The van der Waals surface area contributed by atoms with Crippen molar-refractivity contribution in [2.24, 2.45) is 5.73 Å². The first kappa shape index (κ1) is 14.2. The second-order valence-corrected chi connectivity index (χ2v) is 2.88. The molecule has 5 nitrogen and oxygen atoms in total. The molecule has 1 amide bonds. The van der Waals surface area contributed by atoms with E-state index in [1.165, 1.54) is 0 Å². The lowest BCUT2D eigenvalue weighted by Gasteiger charge is -2.12. The molecule has 0 aromatic rings. The van der Waals surface area contributed by atoms with Gasteiger partial charge in [0.2, 0.25) is 0 Å². The third kappa shape index (κ3) is 7.64. The Morgan fingerprint density at radius 1 is 1.50 bits per heavy atom. The molecule has 1 atom stereocenters. The third-order valence-corrected chi connectivity index (χ3v) is 1.54. The summed E-state index contributed by atoms with van der Waals surface area (Å²) in [5, 5.41) is 9.34. The van der Waals surface area contributed by atoms with Gasteiger partial charge in [0.15, 0.2) is 0 Å². The average Bonchev–Trinajstić information content (AvgIpc) is 2.26. The van der Waals surface area contributed by atoms with Crippen LogP contribution in [0.15, 0.2) is 36.6 Å². The molecular weight excluding hydrogens is 210 g/mol. The van der Waals surface area contributed by atoms with Gasteiger partial charge in [0.1, 0.15) is 25.1 Å². The number of carbonyl (C=O) groups is 1. The van der Waals surface area contributed by atoms with Crippen LogP contribution in [0.25, 0.3) is 0 Å². The number of nitrogens with two attached hydrogens (primary N) is 1. The number of carbonyl (C=O) groups excluding carboxylic acids is 1. The number of amides is 1. The van der Waals surface area contributed by atoms with E-state index in [9.17, 15) is 9.90 Å². The fraction of sp³-hybridized carbons (Fsp3) is 0.364. The number of ether oxygens (including phenoxy) is 2. The highest BCUT2D eigenvalue weighted by molar-refractivity contribution is 5.64. The first-order valence-electron chi connectivity index (χ1n) is 4.78. The quantitative estimate of drug-likeness (QED) is 0.504. The minimum absolute atomic E-state index is 0.0223. The van der Waals surface area contributed by atoms with Gasteiger partial charge in [0, 0.05) is 0 Å². The van der Waals surface area contributed by atoms with Crippen LogP contribution in [0.4, 0.5) is 4.79 Å². The predicted octanol–water partition coefficient (Wildman–Crippen LogP) is 1.11. The predicted molar refractivity (Wildman–Crippen MR) is 60.6 cm³/mol. The number of hydrogen-bond acceptors (Lipinski definition) is 4. The van der Waals surface area contributed by atoms with Crippen molar-refractivity contribution < 1.29 is 19.4 Å². The van der Waals surface area contributed by atoms with Gasteiger partial charge in [-0.1, -0.05) is 18.7 Å². The Kier molecular flexibility index (Phi) is 7.61. The van der Waals surface area contributed by atoms with Crippen LogP contribution in [0.3, 0.4) is 0 Å². The maximum Gasteiger partial charge on any atom is 0.404 e. The van der Waals surface area contributed by atoms with Crippen LogP contribution in [-0.4, -0.2) is 30.5 Å². The van der Waals surface area contributed by atoms with Crippen molar-refractivity contribution in [3.63, 3.8) is 0 Å². The Labute approximate surface area is 94.8 Å². The van der Waals surface area contributed by atoms with E-state index in [1.54, 1.807) is 31.2 Å². The van der Waals surface area contributed by atoms with Crippen molar-refractivity contribution >= 4 is 6.09 Å². The molecule has 1 unspecified atom stereocenters. The summed E-state index contributed by atoms with van der Waals surface area (Å²) in [5.74, 6) is 0.595. The lowest BCUT2D eigenvalue weighted by Crippen LogP contribution is -2.25. The molecule has 0 saturated carbocycles. The van der Waals surface area contributed by atoms with Gasteiger partial charge >= 0.3 is 6.09 Å². The Hall–Kier alpha value is -1.75. The lowest BCUT2D eigenvalue weighted by atomic mass is 10.3. The fourth-order valence-electron chi connectivity index (χ4n) is 0.809. The number of rotatable bonds is 7. The molecule has 90 valence electrons. The average molecular weight is 227 g/mol. The molecule has 0 radical (unpaired) electrons. The van der Waals surface area contributed by atoms with Crippen molar-refractivity contribution in [1.82, 2.24) is 0 Å². The molecular formula is C11H17NO4. The number of hydrogen-bond donors (Lipinski definition) is 2. The van der Waals surface area contributed by atoms with Crippen molar-refractivity contribution in [3.8, 4) is 0 Å². The monoisotopic (exact) mass is 227 g/mol. The maximum absolute atomic E-state index is 10.3. The maximum atomic E-state index is 10.3. The molecule has 0 fully saturated rings. The number of aliphatic hydroxyl groups is 1. The highest BCUT2D eigenvalue weighted by atomic mass is 16.6. The van der Waals surface area contributed by atoms with Gasteiger partial charge < -0.3 is 20.3 Å². The van der Waals surface area contributed by atoms with Crippen LogP contribution >= 0.6 is 0 Å². The molecule has 16 heavy (non-hydrogen) atoms. The summed E-state index contributed by atoms with van der Waals surface area (Å²) >= 11 is 0. The van der Waals surface area contributed by atoms with E-state index in [2.05, 4.69) is 11.3 Å². The normalized spacial score (nSPS) is 13.5. The van der Waals surface area contributed by atoms with Gasteiger partial charge in [-0.15, -0.1) is 0 Å². The van der Waals surface area contributed by atoms with Crippen molar-refractivity contribution in [3.05, 3.63) is 36.6 Å². The molecule has 0 aliphatic rings. The zero-order valence-electron chi connectivity index (χ0n) is 9.26. The van der Waals surface area contributed by atoms with Gasteiger partial charge in [-0.25, -0.2) is 4.79 Å². The Bertz CT molecular complexity index is 284. The smallest absolute Gasteiger partial charge is 0.404 e. The van der Waals surface area contributed by atoms with Gasteiger partial charge in [-0.2, -0.15) is 0 Å². The number of aliphatic hydroxyl groups excluding tert-OH is 1. The van der Waals surface area contributed by atoms with Crippen LogP contribution in [0.5, 0.6) is 0 Å². The zero-order chi connectivity index (χ0) is 12.4. The van der Waals surface area contributed by atoms with Crippen molar-refractivity contribution in [2.75, 3.05) is 13.2 Å². The topological polar surface area (TPSA) is 81.8 Å². The molecule has 3 N–H and O–H groups in total. The molecule has 0 heterocycles. The van der Waals surface area contributed by atoms with Gasteiger partial charge in [0.05, 0.1) is 0 Å². The van der Waals surface area contributed by atoms with E-state index in [0.29, 0.717) is 5.76 Å². The first-order chi connectivity index (χ1) is 7.60. The summed E-state index contributed by atoms with van der Waals surface area (Å²) in [5.41, 5.74) is 4.74. The summed E-state index contributed by atoms with van der Waals surface area (Å²) in [6.45, 7) is 5.16. The summed E-state index contributed by atoms with van der Waals surface area (Å²) in [7, 11) is 0. The largest absolute Gasteiger partial charge is 0.491 e. The number of allylic oxidation sites excluding steroid dienone is 4. The summed E-state index contributed by atoms with van der Waals surface area (Å²) in [4.78, 5) is 10.3. The van der Waals surface area contributed by atoms with Gasteiger partial charge in [-0.05, 0) is 19.1 Å². The highest BCUT2D eigenvalue weighted by Crippen LogP contribution is 2.01.